The zero-order valence-corrected chi connectivity index (χ0v) is 11.7. The third kappa shape index (κ3) is 2.82. The highest BCUT2D eigenvalue weighted by Gasteiger charge is 2.33. The maximum atomic E-state index is 12.0. The van der Waals surface area contributed by atoms with E-state index in [1.807, 2.05) is 18.7 Å². The summed E-state index contributed by atoms with van der Waals surface area (Å²) in [6.07, 6.45) is 3.42. The van der Waals surface area contributed by atoms with Crippen molar-refractivity contribution in [3.8, 4) is 0 Å². The molecule has 0 fully saturated rings. The molecule has 1 unspecified atom stereocenters. The Morgan fingerprint density at radius 2 is 1.94 bits per heavy atom. The van der Waals surface area contributed by atoms with Crippen LogP contribution in [0.1, 0.15) is 47.0 Å². The summed E-state index contributed by atoms with van der Waals surface area (Å²) in [4.78, 5) is 14.1. The number of unbranched alkanes of at least 4 members (excludes halogenated alkanes) is 1. The van der Waals surface area contributed by atoms with Gasteiger partial charge in [-0.2, -0.15) is 0 Å². The molecule has 0 bridgehead atoms. The number of hydrogen-bond donors (Lipinski definition) is 0. The fourth-order valence-electron chi connectivity index (χ4n) is 1.90. The van der Waals surface area contributed by atoms with Crippen LogP contribution in [-0.2, 0) is 4.79 Å². The first-order valence-corrected chi connectivity index (χ1v) is 7.28. The van der Waals surface area contributed by atoms with Crippen LogP contribution in [0.2, 0.25) is 0 Å². The molecule has 3 heteroatoms. The van der Waals surface area contributed by atoms with Crippen LogP contribution in [0.5, 0.6) is 0 Å². The van der Waals surface area contributed by atoms with Gasteiger partial charge in [-0.15, -0.1) is 11.8 Å². The maximum absolute atomic E-state index is 12.0. The van der Waals surface area contributed by atoms with E-state index < -0.39 is 0 Å². The van der Waals surface area contributed by atoms with Gasteiger partial charge in [-0.3, -0.25) is 4.79 Å². The van der Waals surface area contributed by atoms with Crippen molar-refractivity contribution in [2.45, 2.75) is 52.3 Å². The van der Waals surface area contributed by atoms with Gasteiger partial charge in [0, 0.05) is 12.1 Å². The van der Waals surface area contributed by atoms with Crippen LogP contribution in [0.4, 0.5) is 0 Å². The molecule has 0 aromatic rings. The zero-order valence-electron chi connectivity index (χ0n) is 10.9. The highest BCUT2D eigenvalue weighted by Crippen LogP contribution is 2.33. The standard InChI is InChI=1S/C13H23NOS/c1-5-7-8-14-12(15)10(3)11(4)13(14)16-9-6-2/h13H,5-9H2,1-4H3. The normalized spacial score (nSPS) is 21.1. The molecule has 1 aliphatic heterocycles. The van der Waals surface area contributed by atoms with Gasteiger partial charge in [0.2, 0.25) is 0 Å². The summed E-state index contributed by atoms with van der Waals surface area (Å²) >= 11 is 1.91. The molecule has 0 N–H and O–H groups in total. The molecule has 0 aromatic carbocycles. The number of nitrogens with zero attached hydrogens (tertiary/aromatic N) is 1. The number of hydrogen-bond acceptors (Lipinski definition) is 2. The molecule has 1 aliphatic rings. The molecular weight excluding hydrogens is 218 g/mol. The van der Waals surface area contributed by atoms with Crippen LogP contribution < -0.4 is 0 Å². The van der Waals surface area contributed by atoms with E-state index in [1.165, 1.54) is 12.0 Å². The van der Waals surface area contributed by atoms with Crippen LogP contribution in [-0.4, -0.2) is 28.5 Å². The summed E-state index contributed by atoms with van der Waals surface area (Å²) in [5.41, 5.74) is 2.23. The molecule has 92 valence electrons. The molecule has 1 atom stereocenters. The first-order chi connectivity index (χ1) is 7.63. The molecule has 0 radical (unpaired) electrons. The van der Waals surface area contributed by atoms with Gasteiger partial charge in [0.1, 0.15) is 0 Å². The Bertz CT molecular complexity index is 286. The van der Waals surface area contributed by atoms with Crippen LogP contribution >= 0.6 is 11.8 Å². The number of carbonyl (C=O) groups is 1. The van der Waals surface area contributed by atoms with E-state index in [-0.39, 0.29) is 5.91 Å². The van der Waals surface area contributed by atoms with Gasteiger partial charge in [0.05, 0.1) is 5.37 Å². The first-order valence-electron chi connectivity index (χ1n) is 6.23. The molecule has 0 saturated heterocycles. The Morgan fingerprint density at radius 3 is 2.50 bits per heavy atom. The Labute approximate surface area is 103 Å². The van der Waals surface area contributed by atoms with Crippen molar-refractivity contribution in [2.24, 2.45) is 0 Å². The lowest BCUT2D eigenvalue weighted by atomic mass is 10.2. The fourth-order valence-corrected chi connectivity index (χ4v) is 3.17. The minimum atomic E-state index is 0.250. The largest absolute Gasteiger partial charge is 0.323 e. The molecule has 1 rings (SSSR count). The highest BCUT2D eigenvalue weighted by atomic mass is 32.2. The predicted molar refractivity (Wildman–Crippen MR) is 71.5 cm³/mol. The number of thioether (sulfide) groups is 1. The van der Waals surface area contributed by atoms with E-state index in [1.54, 1.807) is 0 Å². The Balaban J connectivity index is 2.70. The molecule has 0 spiro atoms. The summed E-state index contributed by atoms with van der Waals surface area (Å²) in [6, 6.07) is 0. The Morgan fingerprint density at radius 1 is 1.25 bits per heavy atom. The summed E-state index contributed by atoms with van der Waals surface area (Å²) in [5, 5.41) is 0.305. The molecule has 0 aliphatic carbocycles. The lowest BCUT2D eigenvalue weighted by Gasteiger charge is -2.25. The molecule has 1 heterocycles. The second kappa shape index (κ2) is 6.33. The minimum Gasteiger partial charge on any atom is -0.323 e. The maximum Gasteiger partial charge on any atom is 0.250 e. The van der Waals surface area contributed by atoms with E-state index in [0.29, 0.717) is 5.37 Å². The fraction of sp³-hybridized carbons (Fsp3) is 0.769. The SMILES string of the molecule is CCCCN1C(=O)C(C)=C(C)C1SCCC. The van der Waals surface area contributed by atoms with E-state index in [2.05, 4.69) is 25.7 Å². The van der Waals surface area contributed by atoms with E-state index in [9.17, 15) is 4.79 Å². The Kier molecular flexibility index (Phi) is 5.39. The number of carbonyl (C=O) groups excluding carboxylic acids is 1. The van der Waals surface area contributed by atoms with Gasteiger partial charge in [-0.25, -0.2) is 0 Å². The third-order valence-electron chi connectivity index (χ3n) is 3.06. The van der Waals surface area contributed by atoms with Gasteiger partial charge >= 0.3 is 0 Å². The second-order valence-electron chi connectivity index (χ2n) is 4.38. The smallest absolute Gasteiger partial charge is 0.250 e. The van der Waals surface area contributed by atoms with Gasteiger partial charge in [0.15, 0.2) is 0 Å². The van der Waals surface area contributed by atoms with Gasteiger partial charge < -0.3 is 4.90 Å². The quantitative estimate of drug-likeness (QED) is 0.710. The molecular formula is C13H23NOS. The molecule has 1 amide bonds. The minimum absolute atomic E-state index is 0.250. The molecule has 0 saturated carbocycles. The molecule has 16 heavy (non-hydrogen) atoms. The van der Waals surface area contributed by atoms with Gasteiger partial charge in [-0.1, -0.05) is 20.3 Å². The van der Waals surface area contributed by atoms with Crippen LogP contribution in [0.25, 0.3) is 0 Å². The molecule has 2 nitrogen and oxygen atoms in total. The topological polar surface area (TPSA) is 20.3 Å². The van der Waals surface area contributed by atoms with Gasteiger partial charge in [-0.05, 0) is 38.0 Å². The van der Waals surface area contributed by atoms with E-state index >= 15 is 0 Å². The zero-order chi connectivity index (χ0) is 12.1. The number of rotatable bonds is 6. The van der Waals surface area contributed by atoms with Crippen molar-refractivity contribution >= 4 is 17.7 Å². The first kappa shape index (κ1) is 13.6. The predicted octanol–water partition coefficient (Wildman–Crippen LogP) is 3.43. The van der Waals surface area contributed by atoms with Crippen molar-refractivity contribution in [2.75, 3.05) is 12.3 Å². The van der Waals surface area contributed by atoms with Crippen molar-refractivity contribution in [3.05, 3.63) is 11.1 Å². The number of amides is 1. The van der Waals surface area contributed by atoms with Crippen LogP contribution in [0.3, 0.4) is 0 Å². The molecule has 0 aromatic heterocycles. The van der Waals surface area contributed by atoms with Crippen molar-refractivity contribution in [3.63, 3.8) is 0 Å². The lowest BCUT2D eigenvalue weighted by molar-refractivity contribution is -0.125. The summed E-state index contributed by atoms with van der Waals surface area (Å²) in [5.74, 6) is 1.38. The highest BCUT2D eigenvalue weighted by molar-refractivity contribution is 8.00. The third-order valence-corrected chi connectivity index (χ3v) is 4.63. The average molecular weight is 241 g/mol. The van der Waals surface area contributed by atoms with Crippen molar-refractivity contribution in [1.82, 2.24) is 4.90 Å². The van der Waals surface area contributed by atoms with Crippen molar-refractivity contribution < 1.29 is 4.79 Å². The van der Waals surface area contributed by atoms with Gasteiger partial charge in [0.25, 0.3) is 5.91 Å². The average Bonchev–Trinajstić information content (AvgIpc) is 2.49. The van der Waals surface area contributed by atoms with Crippen LogP contribution in [0, 0.1) is 0 Å². The summed E-state index contributed by atoms with van der Waals surface area (Å²) in [6.45, 7) is 9.33. The van der Waals surface area contributed by atoms with Crippen LogP contribution in [0.15, 0.2) is 11.1 Å². The monoisotopic (exact) mass is 241 g/mol. The second-order valence-corrected chi connectivity index (χ2v) is 5.57. The van der Waals surface area contributed by atoms with Crippen molar-refractivity contribution in [1.29, 1.82) is 0 Å². The lowest BCUT2D eigenvalue weighted by Crippen LogP contribution is -2.34. The Hall–Kier alpha value is -0.440. The van der Waals surface area contributed by atoms with E-state index in [0.717, 1.165) is 30.7 Å². The summed E-state index contributed by atoms with van der Waals surface area (Å²) < 4.78 is 0. The summed E-state index contributed by atoms with van der Waals surface area (Å²) in [7, 11) is 0. The van der Waals surface area contributed by atoms with E-state index in [4.69, 9.17) is 0 Å².